The molecule has 1 saturated carbocycles. The Labute approximate surface area is 113 Å². The summed E-state index contributed by atoms with van der Waals surface area (Å²) < 4.78 is 2.02. The van der Waals surface area contributed by atoms with Gasteiger partial charge < -0.3 is 15.2 Å². The predicted molar refractivity (Wildman–Crippen MR) is 74.2 cm³/mol. The van der Waals surface area contributed by atoms with Crippen LogP contribution in [0.25, 0.3) is 0 Å². The minimum absolute atomic E-state index is 0.0357. The van der Waals surface area contributed by atoms with Crippen LogP contribution in [0.2, 0.25) is 0 Å². The van der Waals surface area contributed by atoms with Gasteiger partial charge in [-0.25, -0.2) is 4.98 Å². The van der Waals surface area contributed by atoms with Gasteiger partial charge in [-0.2, -0.15) is 0 Å². The highest BCUT2D eigenvalue weighted by molar-refractivity contribution is 5.92. The van der Waals surface area contributed by atoms with Gasteiger partial charge in [-0.1, -0.05) is 13.8 Å². The molecule has 104 valence electrons. The van der Waals surface area contributed by atoms with Gasteiger partial charge in [0.1, 0.15) is 5.69 Å². The van der Waals surface area contributed by atoms with Crippen LogP contribution in [0.5, 0.6) is 0 Å². The van der Waals surface area contributed by atoms with Crippen LogP contribution in [0.15, 0.2) is 6.20 Å². The number of nitrogens with zero attached hydrogens (tertiary/aromatic N) is 2. The van der Waals surface area contributed by atoms with E-state index in [2.05, 4.69) is 29.5 Å². The average Bonchev–Trinajstić information content (AvgIpc) is 2.92. The van der Waals surface area contributed by atoms with Gasteiger partial charge in [-0.05, 0) is 31.1 Å². The molecule has 2 heterocycles. The maximum absolute atomic E-state index is 12.2. The van der Waals surface area contributed by atoms with Crippen molar-refractivity contribution in [2.24, 2.45) is 5.41 Å². The first kappa shape index (κ1) is 12.5. The fourth-order valence-electron chi connectivity index (χ4n) is 3.11. The first-order chi connectivity index (χ1) is 9.03. The molecular formula is C14H22N4O. The largest absolute Gasteiger partial charge is 0.356 e. The van der Waals surface area contributed by atoms with Crippen molar-refractivity contribution in [1.82, 2.24) is 14.9 Å². The topological polar surface area (TPSA) is 59.0 Å². The maximum atomic E-state index is 12.2. The molecule has 1 aromatic rings. The summed E-state index contributed by atoms with van der Waals surface area (Å²) in [5.41, 5.74) is 0.890. The van der Waals surface area contributed by atoms with Crippen molar-refractivity contribution in [3.05, 3.63) is 11.9 Å². The molecule has 5 nitrogen and oxygen atoms in total. The number of carbonyl (C=O) groups is 1. The van der Waals surface area contributed by atoms with Gasteiger partial charge in [-0.15, -0.1) is 0 Å². The van der Waals surface area contributed by atoms with Gasteiger partial charge in [0, 0.05) is 25.3 Å². The predicted octanol–water partition coefficient (Wildman–Crippen LogP) is 2.01. The second-order valence-electron chi connectivity index (χ2n) is 6.50. The zero-order valence-electron chi connectivity index (χ0n) is 11.7. The molecule has 1 fully saturated rings. The summed E-state index contributed by atoms with van der Waals surface area (Å²) in [7, 11) is 0. The second kappa shape index (κ2) is 4.54. The zero-order valence-corrected chi connectivity index (χ0v) is 11.7. The lowest BCUT2D eigenvalue weighted by molar-refractivity contribution is 0.0931. The summed E-state index contributed by atoms with van der Waals surface area (Å²) in [6.07, 6.45) is 6.26. The van der Waals surface area contributed by atoms with Crippen LogP contribution < -0.4 is 10.6 Å². The SMILES string of the molecule is CC1(C)CCC(NC(=O)c2cn3c(n2)NCCC3)C1. The maximum Gasteiger partial charge on any atom is 0.271 e. The monoisotopic (exact) mass is 262 g/mol. The Hall–Kier alpha value is -1.52. The fourth-order valence-corrected chi connectivity index (χ4v) is 3.11. The molecule has 0 bridgehead atoms. The van der Waals surface area contributed by atoms with Crippen LogP contribution in [0.3, 0.4) is 0 Å². The van der Waals surface area contributed by atoms with Gasteiger partial charge in [-0.3, -0.25) is 4.79 Å². The molecule has 19 heavy (non-hydrogen) atoms. The smallest absolute Gasteiger partial charge is 0.271 e. The highest BCUT2D eigenvalue weighted by atomic mass is 16.2. The van der Waals surface area contributed by atoms with E-state index < -0.39 is 0 Å². The van der Waals surface area contributed by atoms with Crippen LogP contribution >= 0.6 is 0 Å². The molecule has 5 heteroatoms. The molecule has 1 aromatic heterocycles. The molecule has 1 aliphatic carbocycles. The third-order valence-electron chi connectivity index (χ3n) is 4.17. The summed E-state index contributed by atoms with van der Waals surface area (Å²) in [5, 5.41) is 6.33. The number of rotatable bonds is 2. The number of hydrogen-bond acceptors (Lipinski definition) is 3. The van der Waals surface area contributed by atoms with Gasteiger partial charge >= 0.3 is 0 Å². The van der Waals surface area contributed by atoms with Crippen molar-refractivity contribution in [3.63, 3.8) is 0 Å². The Morgan fingerprint density at radius 2 is 2.42 bits per heavy atom. The molecule has 0 radical (unpaired) electrons. The number of imidazole rings is 1. The van der Waals surface area contributed by atoms with E-state index in [1.165, 1.54) is 6.42 Å². The molecule has 1 aliphatic heterocycles. The number of aryl methyl sites for hydroxylation is 1. The standard InChI is InChI=1S/C14H22N4O/c1-14(2)5-4-10(8-14)16-12(19)11-9-18-7-3-6-15-13(18)17-11/h9-10H,3-8H2,1-2H3,(H,15,17)(H,16,19). The first-order valence-electron chi connectivity index (χ1n) is 7.15. The summed E-state index contributed by atoms with van der Waals surface area (Å²) in [4.78, 5) is 16.6. The fraction of sp³-hybridized carbons (Fsp3) is 0.714. The van der Waals surface area contributed by atoms with Crippen molar-refractivity contribution in [3.8, 4) is 0 Å². The molecule has 0 spiro atoms. The number of aromatic nitrogens is 2. The molecule has 1 atom stereocenters. The van der Waals surface area contributed by atoms with Crippen LogP contribution in [0, 0.1) is 5.41 Å². The minimum atomic E-state index is -0.0357. The van der Waals surface area contributed by atoms with E-state index in [0.717, 1.165) is 38.3 Å². The van der Waals surface area contributed by atoms with E-state index in [1.54, 1.807) is 0 Å². The molecule has 2 aliphatic rings. The lowest BCUT2D eigenvalue weighted by Crippen LogP contribution is -2.33. The summed E-state index contributed by atoms with van der Waals surface area (Å²) in [5.74, 6) is 0.787. The Balaban J connectivity index is 1.66. The Kier molecular flexibility index (Phi) is 2.99. The highest BCUT2D eigenvalue weighted by Gasteiger charge is 2.32. The third kappa shape index (κ3) is 2.60. The van der Waals surface area contributed by atoms with E-state index >= 15 is 0 Å². The van der Waals surface area contributed by atoms with E-state index in [9.17, 15) is 4.79 Å². The summed E-state index contributed by atoms with van der Waals surface area (Å²) >= 11 is 0. The number of fused-ring (bicyclic) bond motifs is 1. The normalized spacial score (nSPS) is 24.6. The number of carbonyl (C=O) groups excluding carboxylic acids is 1. The third-order valence-corrected chi connectivity index (χ3v) is 4.17. The molecule has 1 amide bonds. The van der Waals surface area contributed by atoms with Gasteiger partial charge in [0.25, 0.3) is 5.91 Å². The number of amides is 1. The lowest BCUT2D eigenvalue weighted by Gasteiger charge is -2.17. The average molecular weight is 262 g/mol. The molecular weight excluding hydrogens is 240 g/mol. The van der Waals surface area contributed by atoms with Crippen molar-refractivity contribution in [2.45, 2.75) is 52.1 Å². The molecule has 3 rings (SSSR count). The van der Waals surface area contributed by atoms with E-state index in [4.69, 9.17) is 0 Å². The number of anilines is 1. The van der Waals surface area contributed by atoms with Crippen molar-refractivity contribution in [1.29, 1.82) is 0 Å². The molecule has 2 N–H and O–H groups in total. The van der Waals surface area contributed by atoms with E-state index in [-0.39, 0.29) is 5.91 Å². The van der Waals surface area contributed by atoms with Gasteiger partial charge in [0.2, 0.25) is 5.95 Å². The lowest BCUT2D eigenvalue weighted by atomic mass is 9.92. The second-order valence-corrected chi connectivity index (χ2v) is 6.50. The van der Waals surface area contributed by atoms with E-state index in [0.29, 0.717) is 17.2 Å². The van der Waals surface area contributed by atoms with Gasteiger partial charge in [0.15, 0.2) is 0 Å². The summed E-state index contributed by atoms with van der Waals surface area (Å²) in [6.45, 7) is 6.41. The molecule has 0 aromatic carbocycles. The van der Waals surface area contributed by atoms with Crippen molar-refractivity contribution in [2.75, 3.05) is 11.9 Å². The Bertz CT molecular complexity index is 468. The Morgan fingerprint density at radius 3 is 3.11 bits per heavy atom. The molecule has 1 unspecified atom stereocenters. The zero-order chi connectivity index (χ0) is 13.5. The van der Waals surface area contributed by atoms with Crippen molar-refractivity contribution >= 4 is 11.9 Å². The minimum Gasteiger partial charge on any atom is -0.356 e. The van der Waals surface area contributed by atoms with E-state index in [1.807, 2.05) is 10.8 Å². The first-order valence-corrected chi connectivity index (χ1v) is 7.15. The van der Waals surface area contributed by atoms with Crippen LogP contribution in [0.1, 0.15) is 50.0 Å². The van der Waals surface area contributed by atoms with Crippen molar-refractivity contribution < 1.29 is 4.79 Å². The van der Waals surface area contributed by atoms with Crippen LogP contribution in [-0.4, -0.2) is 28.0 Å². The van der Waals surface area contributed by atoms with Crippen LogP contribution in [0.4, 0.5) is 5.95 Å². The van der Waals surface area contributed by atoms with Gasteiger partial charge in [0.05, 0.1) is 0 Å². The highest BCUT2D eigenvalue weighted by Crippen LogP contribution is 2.36. The quantitative estimate of drug-likeness (QED) is 0.857. The Morgan fingerprint density at radius 1 is 1.58 bits per heavy atom. The van der Waals surface area contributed by atoms with Crippen LogP contribution in [-0.2, 0) is 6.54 Å². The molecule has 0 saturated heterocycles. The number of nitrogens with one attached hydrogen (secondary N) is 2. The number of hydrogen-bond donors (Lipinski definition) is 2. The summed E-state index contributed by atoms with van der Waals surface area (Å²) in [6, 6.07) is 0.300.